The van der Waals surface area contributed by atoms with Crippen LogP contribution in [-0.4, -0.2) is 58.7 Å². The van der Waals surface area contributed by atoms with E-state index < -0.39 is 5.97 Å². The van der Waals surface area contributed by atoms with Gasteiger partial charge in [-0.2, -0.15) is 0 Å². The molecule has 2 aromatic heterocycles. The molecule has 1 aromatic carbocycles. The molecule has 0 N–H and O–H groups in total. The smallest absolute Gasteiger partial charge is 0.343 e. The average molecular weight is 404 g/mol. The molecule has 1 aliphatic heterocycles. The molecule has 4 rings (SSSR count). The molecule has 3 heterocycles. The molecule has 1 saturated heterocycles. The highest BCUT2D eigenvalue weighted by Crippen LogP contribution is 2.24. The van der Waals surface area contributed by atoms with Crippen LogP contribution in [0.25, 0.3) is 11.3 Å². The highest BCUT2D eigenvalue weighted by Gasteiger charge is 2.25. The number of rotatable bonds is 5. The number of ether oxygens (including phenoxy) is 1. The van der Waals surface area contributed by atoms with Gasteiger partial charge in [0.1, 0.15) is 29.4 Å². The quantitative estimate of drug-likeness (QED) is 0.600. The first kappa shape index (κ1) is 19.8. The van der Waals surface area contributed by atoms with Crippen LogP contribution in [0.1, 0.15) is 23.1 Å². The topological polar surface area (TPSA) is 84.3 Å². The van der Waals surface area contributed by atoms with Crippen LogP contribution in [0.5, 0.6) is 0 Å². The van der Waals surface area contributed by atoms with Crippen molar-refractivity contribution in [1.29, 1.82) is 0 Å². The van der Waals surface area contributed by atoms with E-state index in [1.54, 1.807) is 19.4 Å². The fourth-order valence-corrected chi connectivity index (χ4v) is 3.49. The van der Waals surface area contributed by atoms with Crippen LogP contribution in [0.3, 0.4) is 0 Å². The number of aryl methyl sites for hydroxylation is 1. The number of carbonyl (C=O) groups is 1. The van der Waals surface area contributed by atoms with E-state index in [0.29, 0.717) is 36.9 Å². The van der Waals surface area contributed by atoms with Crippen molar-refractivity contribution < 1.29 is 9.53 Å². The summed E-state index contributed by atoms with van der Waals surface area (Å²) < 4.78 is 5.17. The van der Waals surface area contributed by atoms with Gasteiger partial charge in [0.05, 0.1) is 12.3 Å². The fraction of sp³-hybridized carbons (Fsp3) is 0.318. The number of aromatic nitrogens is 4. The molecule has 0 spiro atoms. The van der Waals surface area contributed by atoms with E-state index in [1.165, 1.54) is 0 Å². The van der Waals surface area contributed by atoms with Crippen molar-refractivity contribution in [2.24, 2.45) is 0 Å². The molecule has 0 aliphatic carbocycles. The lowest BCUT2D eigenvalue weighted by atomic mass is 10.1. The summed E-state index contributed by atoms with van der Waals surface area (Å²) in [5, 5.41) is 0. The minimum atomic E-state index is -0.391. The largest absolute Gasteiger partial charge is 0.462 e. The van der Waals surface area contributed by atoms with Gasteiger partial charge in [0.2, 0.25) is 0 Å². The van der Waals surface area contributed by atoms with Crippen LogP contribution < -0.4 is 9.80 Å². The molecule has 3 aromatic rings. The van der Waals surface area contributed by atoms with E-state index in [9.17, 15) is 4.79 Å². The zero-order valence-electron chi connectivity index (χ0n) is 17.2. The Morgan fingerprint density at radius 1 is 1.03 bits per heavy atom. The Balaban J connectivity index is 1.50. The lowest BCUT2D eigenvalue weighted by Crippen LogP contribution is -2.47. The van der Waals surface area contributed by atoms with E-state index in [2.05, 4.69) is 29.7 Å². The van der Waals surface area contributed by atoms with Crippen molar-refractivity contribution in [3.05, 3.63) is 60.3 Å². The van der Waals surface area contributed by atoms with E-state index in [0.717, 1.165) is 30.2 Å². The number of hydrogen-bond acceptors (Lipinski definition) is 8. The third-order valence-electron chi connectivity index (χ3n) is 5.01. The second-order valence-corrected chi connectivity index (χ2v) is 6.98. The predicted molar refractivity (Wildman–Crippen MR) is 115 cm³/mol. The van der Waals surface area contributed by atoms with Crippen molar-refractivity contribution in [3.63, 3.8) is 0 Å². The lowest BCUT2D eigenvalue weighted by molar-refractivity contribution is 0.0526. The maximum absolute atomic E-state index is 12.3. The summed E-state index contributed by atoms with van der Waals surface area (Å²) in [5.41, 5.74) is 2.37. The minimum Gasteiger partial charge on any atom is -0.462 e. The van der Waals surface area contributed by atoms with Crippen LogP contribution in [0.2, 0.25) is 0 Å². The summed E-state index contributed by atoms with van der Waals surface area (Å²) in [6, 6.07) is 12.1. The third kappa shape index (κ3) is 4.22. The van der Waals surface area contributed by atoms with Crippen LogP contribution >= 0.6 is 0 Å². The van der Waals surface area contributed by atoms with E-state index in [4.69, 9.17) is 4.74 Å². The van der Waals surface area contributed by atoms with Crippen molar-refractivity contribution in [2.45, 2.75) is 13.8 Å². The van der Waals surface area contributed by atoms with Gasteiger partial charge in [0.15, 0.2) is 0 Å². The molecule has 8 nitrogen and oxygen atoms in total. The zero-order chi connectivity index (χ0) is 20.9. The first-order chi connectivity index (χ1) is 14.7. The lowest BCUT2D eigenvalue weighted by Gasteiger charge is -2.36. The fourth-order valence-electron chi connectivity index (χ4n) is 3.49. The van der Waals surface area contributed by atoms with Gasteiger partial charge < -0.3 is 14.5 Å². The van der Waals surface area contributed by atoms with Gasteiger partial charge in [-0.25, -0.2) is 24.7 Å². The summed E-state index contributed by atoms with van der Waals surface area (Å²) >= 11 is 0. The molecule has 0 unspecified atom stereocenters. The number of esters is 1. The minimum absolute atomic E-state index is 0.317. The monoisotopic (exact) mass is 404 g/mol. The molecule has 30 heavy (non-hydrogen) atoms. The molecule has 1 fully saturated rings. The van der Waals surface area contributed by atoms with Crippen molar-refractivity contribution in [1.82, 2.24) is 19.9 Å². The summed E-state index contributed by atoms with van der Waals surface area (Å²) in [7, 11) is 0. The van der Waals surface area contributed by atoms with Crippen molar-refractivity contribution in [2.75, 3.05) is 42.6 Å². The van der Waals surface area contributed by atoms with Crippen LogP contribution in [0.4, 0.5) is 11.6 Å². The molecule has 0 bridgehead atoms. The third-order valence-corrected chi connectivity index (χ3v) is 5.01. The molecule has 154 valence electrons. The molecule has 0 radical (unpaired) electrons. The number of carbonyl (C=O) groups excluding carboxylic acids is 1. The van der Waals surface area contributed by atoms with Crippen molar-refractivity contribution in [3.8, 4) is 11.3 Å². The van der Waals surface area contributed by atoms with Gasteiger partial charge in [-0.1, -0.05) is 30.3 Å². The van der Waals surface area contributed by atoms with Gasteiger partial charge in [-0.05, 0) is 13.8 Å². The summed E-state index contributed by atoms with van der Waals surface area (Å²) in [6.45, 7) is 6.88. The number of hydrogen-bond donors (Lipinski definition) is 0. The Morgan fingerprint density at radius 3 is 2.50 bits per heavy atom. The first-order valence-corrected chi connectivity index (χ1v) is 10.0. The van der Waals surface area contributed by atoms with Gasteiger partial charge in [-0.15, -0.1) is 0 Å². The molecule has 8 heteroatoms. The Hall–Kier alpha value is -3.55. The van der Waals surface area contributed by atoms with Gasteiger partial charge >= 0.3 is 5.97 Å². The summed E-state index contributed by atoms with van der Waals surface area (Å²) in [5.74, 6) is 1.77. The Bertz CT molecular complexity index is 1020. The average Bonchev–Trinajstić information content (AvgIpc) is 2.80. The summed E-state index contributed by atoms with van der Waals surface area (Å²) in [6.07, 6.45) is 3.16. The standard InChI is InChI=1S/C22H24N6O2/c1-3-30-22(29)18-14-23-16(2)26-21(18)28-11-9-27(10-12-28)20-13-19(24-15-25-20)17-7-5-4-6-8-17/h4-8,13-15H,3,9-12H2,1-2H3. The first-order valence-electron chi connectivity index (χ1n) is 10.0. The Morgan fingerprint density at radius 2 is 1.77 bits per heavy atom. The SMILES string of the molecule is CCOC(=O)c1cnc(C)nc1N1CCN(c2cc(-c3ccccc3)ncn2)CC1. The van der Waals surface area contributed by atoms with E-state index >= 15 is 0 Å². The molecule has 0 amide bonds. The highest BCUT2D eigenvalue weighted by molar-refractivity contribution is 5.94. The molecular formula is C22H24N6O2. The van der Waals surface area contributed by atoms with E-state index in [-0.39, 0.29) is 0 Å². The maximum atomic E-state index is 12.3. The van der Waals surface area contributed by atoms with E-state index in [1.807, 2.05) is 43.3 Å². The number of benzene rings is 1. The van der Waals surface area contributed by atoms with Crippen LogP contribution in [0.15, 0.2) is 48.9 Å². The number of anilines is 2. The normalized spacial score (nSPS) is 13.9. The number of piperazine rings is 1. The van der Waals surface area contributed by atoms with Crippen LogP contribution in [0, 0.1) is 6.92 Å². The highest BCUT2D eigenvalue weighted by atomic mass is 16.5. The molecular weight excluding hydrogens is 380 g/mol. The molecule has 0 saturated carbocycles. The Kier molecular flexibility index (Phi) is 5.83. The second-order valence-electron chi connectivity index (χ2n) is 6.98. The predicted octanol–water partition coefficient (Wildman–Crippen LogP) is 2.75. The van der Waals surface area contributed by atoms with Gasteiger partial charge in [-0.3, -0.25) is 0 Å². The molecule has 1 aliphatic rings. The van der Waals surface area contributed by atoms with Gasteiger partial charge in [0, 0.05) is 44.0 Å². The second kappa shape index (κ2) is 8.86. The zero-order valence-corrected chi connectivity index (χ0v) is 17.2. The van der Waals surface area contributed by atoms with Crippen LogP contribution in [-0.2, 0) is 4.74 Å². The number of nitrogens with zero attached hydrogens (tertiary/aromatic N) is 6. The maximum Gasteiger partial charge on any atom is 0.343 e. The molecule has 0 atom stereocenters. The van der Waals surface area contributed by atoms with Crippen molar-refractivity contribution >= 4 is 17.6 Å². The summed E-state index contributed by atoms with van der Waals surface area (Å²) in [4.78, 5) is 34.2. The van der Waals surface area contributed by atoms with Gasteiger partial charge in [0.25, 0.3) is 0 Å². The Labute approximate surface area is 175 Å².